The SMILES string of the molecule is c1ccc(C2CN(Cc3ccco3)CCN2)cc1. The monoisotopic (exact) mass is 242 g/mol. The second-order valence-electron chi connectivity index (χ2n) is 4.73. The summed E-state index contributed by atoms with van der Waals surface area (Å²) in [7, 11) is 0. The van der Waals surface area contributed by atoms with E-state index in [2.05, 4.69) is 40.5 Å². The first kappa shape index (κ1) is 11.5. The maximum absolute atomic E-state index is 5.42. The summed E-state index contributed by atoms with van der Waals surface area (Å²) in [4.78, 5) is 2.44. The van der Waals surface area contributed by atoms with Crippen LogP contribution in [0.3, 0.4) is 0 Å². The van der Waals surface area contributed by atoms with Crippen LogP contribution in [0.25, 0.3) is 0 Å². The first-order valence-corrected chi connectivity index (χ1v) is 6.45. The van der Waals surface area contributed by atoms with Crippen molar-refractivity contribution < 1.29 is 4.42 Å². The van der Waals surface area contributed by atoms with Gasteiger partial charge in [0.05, 0.1) is 12.8 Å². The number of hydrogen-bond acceptors (Lipinski definition) is 3. The second-order valence-corrected chi connectivity index (χ2v) is 4.73. The molecule has 1 aromatic carbocycles. The van der Waals surface area contributed by atoms with Crippen molar-refractivity contribution in [2.75, 3.05) is 19.6 Å². The standard InChI is InChI=1S/C15H18N2O/c1-2-5-13(6-3-1)15-12-17(9-8-16-15)11-14-7-4-10-18-14/h1-7,10,15-16H,8-9,11-12H2. The molecule has 0 spiro atoms. The van der Waals surface area contributed by atoms with E-state index in [0.29, 0.717) is 6.04 Å². The van der Waals surface area contributed by atoms with Gasteiger partial charge in [0, 0.05) is 25.7 Å². The lowest BCUT2D eigenvalue weighted by Crippen LogP contribution is -2.45. The van der Waals surface area contributed by atoms with Gasteiger partial charge in [-0.1, -0.05) is 30.3 Å². The van der Waals surface area contributed by atoms with Crippen LogP contribution < -0.4 is 5.32 Å². The molecule has 1 aliphatic rings. The molecule has 0 amide bonds. The zero-order chi connectivity index (χ0) is 12.2. The summed E-state index contributed by atoms with van der Waals surface area (Å²) in [5.74, 6) is 1.05. The summed E-state index contributed by atoms with van der Waals surface area (Å²) in [6.07, 6.45) is 1.74. The van der Waals surface area contributed by atoms with Gasteiger partial charge < -0.3 is 9.73 Å². The van der Waals surface area contributed by atoms with E-state index < -0.39 is 0 Å². The van der Waals surface area contributed by atoms with Gasteiger partial charge in [-0.05, 0) is 17.7 Å². The van der Waals surface area contributed by atoms with Crippen LogP contribution in [0.1, 0.15) is 17.4 Å². The van der Waals surface area contributed by atoms with Gasteiger partial charge in [0.1, 0.15) is 5.76 Å². The van der Waals surface area contributed by atoms with Crippen LogP contribution in [-0.2, 0) is 6.54 Å². The average Bonchev–Trinajstić information content (AvgIpc) is 2.93. The number of nitrogens with one attached hydrogen (secondary N) is 1. The van der Waals surface area contributed by atoms with Gasteiger partial charge in [-0.3, -0.25) is 4.90 Å². The van der Waals surface area contributed by atoms with Crippen LogP contribution in [0, 0.1) is 0 Å². The average molecular weight is 242 g/mol. The quantitative estimate of drug-likeness (QED) is 0.896. The molecule has 0 aliphatic carbocycles. The van der Waals surface area contributed by atoms with E-state index in [1.54, 1.807) is 6.26 Å². The van der Waals surface area contributed by atoms with Gasteiger partial charge in [-0.2, -0.15) is 0 Å². The Hall–Kier alpha value is -1.58. The number of rotatable bonds is 3. The lowest BCUT2D eigenvalue weighted by molar-refractivity contribution is 0.181. The van der Waals surface area contributed by atoms with Gasteiger partial charge in [0.25, 0.3) is 0 Å². The Morgan fingerprint density at radius 1 is 1.17 bits per heavy atom. The van der Waals surface area contributed by atoms with Gasteiger partial charge in [-0.25, -0.2) is 0 Å². The summed E-state index contributed by atoms with van der Waals surface area (Å²) >= 11 is 0. The van der Waals surface area contributed by atoms with E-state index in [-0.39, 0.29) is 0 Å². The zero-order valence-corrected chi connectivity index (χ0v) is 10.4. The summed E-state index contributed by atoms with van der Waals surface area (Å²) in [5.41, 5.74) is 1.36. The molecule has 0 radical (unpaired) electrons. The predicted octanol–water partition coefficient (Wildman–Crippen LogP) is 2.43. The number of furan rings is 1. The van der Waals surface area contributed by atoms with Crippen molar-refractivity contribution in [3.63, 3.8) is 0 Å². The normalized spacial score (nSPS) is 21.0. The van der Waals surface area contributed by atoms with Crippen molar-refractivity contribution >= 4 is 0 Å². The van der Waals surface area contributed by atoms with E-state index >= 15 is 0 Å². The van der Waals surface area contributed by atoms with Crippen LogP contribution in [0.2, 0.25) is 0 Å². The Labute approximate surface area is 107 Å². The molecular weight excluding hydrogens is 224 g/mol. The van der Waals surface area contributed by atoms with Crippen molar-refractivity contribution in [1.29, 1.82) is 0 Å². The fourth-order valence-electron chi connectivity index (χ4n) is 2.49. The van der Waals surface area contributed by atoms with Crippen molar-refractivity contribution in [1.82, 2.24) is 10.2 Å². The van der Waals surface area contributed by atoms with Crippen molar-refractivity contribution in [3.05, 3.63) is 60.1 Å². The number of hydrogen-bond donors (Lipinski definition) is 1. The highest BCUT2D eigenvalue weighted by Crippen LogP contribution is 2.18. The molecule has 2 aromatic rings. The molecule has 1 unspecified atom stereocenters. The topological polar surface area (TPSA) is 28.4 Å². The Morgan fingerprint density at radius 3 is 2.83 bits per heavy atom. The molecule has 18 heavy (non-hydrogen) atoms. The highest BCUT2D eigenvalue weighted by molar-refractivity contribution is 5.19. The Balaban J connectivity index is 1.65. The van der Waals surface area contributed by atoms with Crippen LogP contribution in [-0.4, -0.2) is 24.5 Å². The summed E-state index contributed by atoms with van der Waals surface area (Å²) in [6, 6.07) is 15.1. The Morgan fingerprint density at radius 2 is 2.06 bits per heavy atom. The third-order valence-electron chi connectivity index (χ3n) is 3.42. The van der Waals surface area contributed by atoms with Gasteiger partial charge in [-0.15, -0.1) is 0 Å². The van der Waals surface area contributed by atoms with Crippen molar-refractivity contribution in [2.24, 2.45) is 0 Å². The minimum absolute atomic E-state index is 0.426. The molecule has 1 aliphatic heterocycles. The lowest BCUT2D eigenvalue weighted by atomic mass is 10.0. The third-order valence-corrected chi connectivity index (χ3v) is 3.42. The molecule has 3 heteroatoms. The fraction of sp³-hybridized carbons (Fsp3) is 0.333. The van der Waals surface area contributed by atoms with Crippen molar-refractivity contribution in [2.45, 2.75) is 12.6 Å². The van der Waals surface area contributed by atoms with E-state index in [4.69, 9.17) is 4.42 Å². The first-order chi connectivity index (χ1) is 8.92. The molecular formula is C15H18N2O. The number of benzene rings is 1. The van der Waals surface area contributed by atoms with E-state index in [1.165, 1.54) is 5.56 Å². The van der Waals surface area contributed by atoms with E-state index in [9.17, 15) is 0 Å². The van der Waals surface area contributed by atoms with E-state index in [1.807, 2.05) is 12.1 Å². The number of nitrogens with zero attached hydrogens (tertiary/aromatic N) is 1. The van der Waals surface area contributed by atoms with Crippen LogP contribution >= 0.6 is 0 Å². The second kappa shape index (κ2) is 5.38. The summed E-state index contributed by atoms with van der Waals surface area (Å²) in [6.45, 7) is 4.03. The molecule has 0 saturated carbocycles. The van der Waals surface area contributed by atoms with Crippen LogP contribution in [0.4, 0.5) is 0 Å². The molecule has 1 fully saturated rings. The molecule has 2 heterocycles. The Bertz CT molecular complexity index is 467. The summed E-state index contributed by atoms with van der Waals surface area (Å²) in [5, 5.41) is 3.57. The molecule has 3 rings (SSSR count). The maximum atomic E-state index is 5.42. The minimum atomic E-state index is 0.426. The predicted molar refractivity (Wildman–Crippen MR) is 71.2 cm³/mol. The Kier molecular flexibility index (Phi) is 3.44. The number of piperazine rings is 1. The molecule has 1 saturated heterocycles. The van der Waals surface area contributed by atoms with Gasteiger partial charge in [0.2, 0.25) is 0 Å². The highest BCUT2D eigenvalue weighted by atomic mass is 16.3. The molecule has 0 bridgehead atoms. The smallest absolute Gasteiger partial charge is 0.117 e. The van der Waals surface area contributed by atoms with E-state index in [0.717, 1.165) is 31.9 Å². The first-order valence-electron chi connectivity index (χ1n) is 6.45. The molecule has 1 N–H and O–H groups in total. The zero-order valence-electron chi connectivity index (χ0n) is 10.4. The van der Waals surface area contributed by atoms with Crippen LogP contribution in [0.15, 0.2) is 53.1 Å². The summed E-state index contributed by atoms with van der Waals surface area (Å²) < 4.78 is 5.42. The van der Waals surface area contributed by atoms with Crippen LogP contribution in [0.5, 0.6) is 0 Å². The van der Waals surface area contributed by atoms with Gasteiger partial charge >= 0.3 is 0 Å². The molecule has 3 nitrogen and oxygen atoms in total. The van der Waals surface area contributed by atoms with Gasteiger partial charge in [0.15, 0.2) is 0 Å². The third kappa shape index (κ3) is 2.63. The largest absolute Gasteiger partial charge is 0.468 e. The molecule has 1 aromatic heterocycles. The lowest BCUT2D eigenvalue weighted by Gasteiger charge is -2.33. The molecule has 1 atom stereocenters. The maximum Gasteiger partial charge on any atom is 0.117 e. The van der Waals surface area contributed by atoms with Crippen molar-refractivity contribution in [3.8, 4) is 0 Å². The molecule has 94 valence electrons. The fourth-order valence-corrected chi connectivity index (χ4v) is 2.49. The highest BCUT2D eigenvalue weighted by Gasteiger charge is 2.20. The minimum Gasteiger partial charge on any atom is -0.468 e.